The van der Waals surface area contributed by atoms with Gasteiger partial charge in [-0.15, -0.1) is 11.3 Å². The van der Waals surface area contributed by atoms with E-state index < -0.39 is 38.8 Å². The topological polar surface area (TPSA) is 105 Å². The minimum atomic E-state index is -4.64. The second kappa shape index (κ2) is 8.73. The predicted molar refractivity (Wildman–Crippen MR) is 103 cm³/mol. The Labute approximate surface area is 178 Å². The Kier molecular flexibility index (Phi) is 6.60. The molecule has 3 N–H and O–H groups in total. The lowest BCUT2D eigenvalue weighted by atomic mass is 9.96. The summed E-state index contributed by atoms with van der Waals surface area (Å²) in [7, 11) is -4.16. The molecule has 1 aliphatic rings. The molecule has 0 unspecified atom stereocenters. The molecule has 0 atom stereocenters. The van der Waals surface area contributed by atoms with Crippen molar-refractivity contribution in [2.24, 2.45) is 0 Å². The SMILES string of the molecule is O=C(NO)C1(S(=O)(=O)c2ccc(-c3ccc(OC(F)(F)C(F)F)cc3)s2)CCNCC1. The van der Waals surface area contributed by atoms with E-state index in [0.29, 0.717) is 10.4 Å². The molecular formula is C18H18F4N2O5S2. The summed E-state index contributed by atoms with van der Waals surface area (Å²) in [6.45, 7) is 0.547. The third kappa shape index (κ3) is 4.40. The second-order valence-electron chi connectivity index (χ2n) is 6.80. The van der Waals surface area contributed by atoms with E-state index in [0.717, 1.165) is 23.5 Å². The standard InChI is InChI=1S/C18H18F4N2O5S2/c19-15(20)18(21,22)29-12-3-1-11(2-4-12)13-5-6-14(30-13)31(27,28)17(16(25)24-26)7-9-23-10-8-17/h1-6,15,23,26H,7-10H2,(H,24,25). The van der Waals surface area contributed by atoms with Crippen LogP contribution < -0.4 is 15.5 Å². The molecule has 1 amide bonds. The van der Waals surface area contributed by atoms with Crippen molar-refractivity contribution in [1.29, 1.82) is 0 Å². The highest BCUT2D eigenvalue weighted by molar-refractivity contribution is 7.95. The van der Waals surface area contributed by atoms with Crippen molar-refractivity contribution in [2.75, 3.05) is 13.1 Å². The first-order chi connectivity index (χ1) is 14.5. The zero-order valence-corrected chi connectivity index (χ0v) is 17.4. The summed E-state index contributed by atoms with van der Waals surface area (Å²) in [4.78, 5) is 12.7. The van der Waals surface area contributed by atoms with Crippen LogP contribution in [0, 0.1) is 0 Å². The number of hydrogen-bond donors (Lipinski definition) is 3. The molecule has 170 valence electrons. The average molecular weight is 482 g/mol. The molecular weight excluding hydrogens is 464 g/mol. The van der Waals surface area contributed by atoms with Gasteiger partial charge >= 0.3 is 12.5 Å². The average Bonchev–Trinajstić information content (AvgIpc) is 3.25. The summed E-state index contributed by atoms with van der Waals surface area (Å²) < 4.78 is 79.1. The number of halogens is 4. The number of benzene rings is 1. The Morgan fingerprint density at radius 2 is 1.77 bits per heavy atom. The fourth-order valence-electron chi connectivity index (χ4n) is 3.25. The maximum absolute atomic E-state index is 13.3. The number of thiophene rings is 1. The van der Waals surface area contributed by atoms with Gasteiger partial charge in [0.15, 0.2) is 4.75 Å². The van der Waals surface area contributed by atoms with E-state index in [1.54, 1.807) is 0 Å². The number of carbonyl (C=O) groups excluding carboxylic acids is 1. The van der Waals surface area contributed by atoms with Crippen molar-refractivity contribution in [3.63, 3.8) is 0 Å². The summed E-state index contributed by atoms with van der Waals surface area (Å²) in [6, 6.07) is 7.56. The van der Waals surface area contributed by atoms with E-state index in [9.17, 15) is 30.8 Å². The van der Waals surface area contributed by atoms with Crippen molar-refractivity contribution >= 4 is 27.1 Å². The van der Waals surface area contributed by atoms with Crippen molar-refractivity contribution in [3.05, 3.63) is 36.4 Å². The van der Waals surface area contributed by atoms with Crippen LogP contribution in [0.1, 0.15) is 12.8 Å². The van der Waals surface area contributed by atoms with Crippen LogP contribution in [-0.2, 0) is 14.6 Å². The molecule has 7 nitrogen and oxygen atoms in total. The van der Waals surface area contributed by atoms with E-state index in [1.165, 1.54) is 29.7 Å². The zero-order valence-electron chi connectivity index (χ0n) is 15.8. The number of amides is 1. The van der Waals surface area contributed by atoms with Crippen LogP contribution in [0.3, 0.4) is 0 Å². The second-order valence-corrected chi connectivity index (χ2v) is 10.4. The molecule has 2 aromatic rings. The van der Waals surface area contributed by atoms with Crippen molar-refractivity contribution in [1.82, 2.24) is 10.8 Å². The van der Waals surface area contributed by atoms with Gasteiger partial charge in [0.25, 0.3) is 5.91 Å². The number of piperidine rings is 1. The quantitative estimate of drug-likeness (QED) is 0.318. The highest BCUT2D eigenvalue weighted by Gasteiger charge is 2.52. The lowest BCUT2D eigenvalue weighted by Gasteiger charge is -2.34. The van der Waals surface area contributed by atoms with Crippen LogP contribution >= 0.6 is 11.3 Å². The van der Waals surface area contributed by atoms with Gasteiger partial charge in [-0.1, -0.05) is 0 Å². The third-order valence-electron chi connectivity index (χ3n) is 4.93. The van der Waals surface area contributed by atoms with Crippen LogP contribution in [0.5, 0.6) is 5.75 Å². The molecule has 1 aliphatic heterocycles. The van der Waals surface area contributed by atoms with Gasteiger partial charge < -0.3 is 10.1 Å². The van der Waals surface area contributed by atoms with Gasteiger partial charge in [0.2, 0.25) is 9.84 Å². The Bertz CT molecular complexity index is 1040. The lowest BCUT2D eigenvalue weighted by molar-refractivity contribution is -0.253. The number of alkyl halides is 4. The monoisotopic (exact) mass is 482 g/mol. The van der Waals surface area contributed by atoms with Gasteiger partial charge in [0.05, 0.1) is 0 Å². The first-order valence-corrected chi connectivity index (χ1v) is 11.3. The minimum absolute atomic E-state index is 0.0284. The summed E-state index contributed by atoms with van der Waals surface area (Å²) in [5.41, 5.74) is 1.89. The molecule has 0 aliphatic carbocycles. The van der Waals surface area contributed by atoms with Gasteiger partial charge in [0, 0.05) is 4.88 Å². The number of ether oxygens (including phenoxy) is 1. The normalized spacial score (nSPS) is 16.8. The molecule has 0 radical (unpaired) electrons. The molecule has 0 spiro atoms. The zero-order chi connectivity index (χ0) is 22.9. The number of carbonyl (C=O) groups is 1. The number of hydrogen-bond acceptors (Lipinski definition) is 7. The number of hydroxylamine groups is 1. The van der Waals surface area contributed by atoms with Gasteiger partial charge in [-0.3, -0.25) is 10.0 Å². The molecule has 3 rings (SSSR count). The molecule has 0 bridgehead atoms. The fraction of sp³-hybridized carbons (Fsp3) is 0.389. The predicted octanol–water partition coefficient (Wildman–Crippen LogP) is 3.05. The first kappa shape index (κ1) is 23.4. The van der Waals surface area contributed by atoms with Crippen molar-refractivity contribution in [3.8, 4) is 16.2 Å². The smallest absolute Gasteiger partial charge is 0.428 e. The maximum atomic E-state index is 13.3. The van der Waals surface area contributed by atoms with E-state index in [1.807, 2.05) is 0 Å². The van der Waals surface area contributed by atoms with Gasteiger partial charge in [-0.05, 0) is 67.9 Å². The van der Waals surface area contributed by atoms with E-state index in [-0.39, 0.29) is 30.1 Å². The number of rotatable bonds is 7. The highest BCUT2D eigenvalue weighted by Crippen LogP contribution is 2.40. The van der Waals surface area contributed by atoms with Gasteiger partial charge in [-0.2, -0.15) is 17.6 Å². The molecule has 2 heterocycles. The molecule has 1 fully saturated rings. The first-order valence-electron chi connectivity index (χ1n) is 8.99. The van der Waals surface area contributed by atoms with Crippen molar-refractivity contribution in [2.45, 2.75) is 34.3 Å². The number of nitrogens with one attached hydrogen (secondary N) is 2. The molecule has 1 aromatic heterocycles. The van der Waals surface area contributed by atoms with Crippen LogP contribution in [0.15, 0.2) is 40.6 Å². The Hall–Kier alpha value is -2.22. The lowest BCUT2D eigenvalue weighted by Crippen LogP contribution is -2.56. The van der Waals surface area contributed by atoms with E-state index >= 15 is 0 Å². The number of sulfone groups is 1. The van der Waals surface area contributed by atoms with Crippen molar-refractivity contribution < 1.29 is 40.7 Å². The molecule has 13 heteroatoms. The van der Waals surface area contributed by atoms with Gasteiger partial charge in [0.1, 0.15) is 9.96 Å². The Balaban J connectivity index is 1.88. The molecule has 31 heavy (non-hydrogen) atoms. The third-order valence-corrected chi connectivity index (χ3v) is 9.06. The summed E-state index contributed by atoms with van der Waals surface area (Å²) >= 11 is 0.858. The molecule has 0 saturated carbocycles. The summed E-state index contributed by atoms with van der Waals surface area (Å²) in [5.74, 6) is -1.49. The van der Waals surface area contributed by atoms with Gasteiger partial charge in [-0.25, -0.2) is 13.9 Å². The van der Waals surface area contributed by atoms with E-state index in [4.69, 9.17) is 5.21 Å². The molecule has 1 aromatic carbocycles. The van der Waals surface area contributed by atoms with Crippen LogP contribution in [0.2, 0.25) is 0 Å². The highest BCUT2D eigenvalue weighted by atomic mass is 32.2. The summed E-state index contributed by atoms with van der Waals surface area (Å²) in [6.07, 6.45) is -8.68. The summed E-state index contributed by atoms with van der Waals surface area (Å²) in [5, 5.41) is 12.1. The van der Waals surface area contributed by atoms with Crippen LogP contribution in [0.25, 0.3) is 10.4 Å². The minimum Gasteiger partial charge on any atom is -0.428 e. The Morgan fingerprint density at radius 1 is 1.16 bits per heavy atom. The fourth-order valence-corrected chi connectivity index (χ4v) is 6.84. The molecule has 1 saturated heterocycles. The van der Waals surface area contributed by atoms with Crippen LogP contribution in [0.4, 0.5) is 17.6 Å². The van der Waals surface area contributed by atoms with E-state index in [2.05, 4.69) is 10.1 Å². The Morgan fingerprint density at radius 3 is 2.32 bits per heavy atom. The largest absolute Gasteiger partial charge is 0.461 e. The van der Waals surface area contributed by atoms with Crippen LogP contribution in [-0.4, -0.2) is 49.9 Å². The maximum Gasteiger partial charge on any atom is 0.461 e.